The number of carbonyl (C=O) groups excluding carboxylic acids is 1. The van der Waals surface area contributed by atoms with Gasteiger partial charge in [-0.25, -0.2) is 9.18 Å². The molecule has 1 atom stereocenters. The molecular weight excluding hydrogens is 468 g/mol. The molecule has 7 nitrogen and oxygen atoms in total. The number of esters is 1. The maximum atomic E-state index is 13.4. The van der Waals surface area contributed by atoms with Gasteiger partial charge in [0.25, 0.3) is 0 Å². The third kappa shape index (κ3) is 5.51. The fourth-order valence-electron chi connectivity index (χ4n) is 3.73. The number of rotatable bonds is 8. The molecule has 4 rings (SSSR count). The van der Waals surface area contributed by atoms with E-state index >= 15 is 0 Å². The smallest absolute Gasteiger partial charge is 0.414 e. The van der Waals surface area contributed by atoms with E-state index in [1.165, 1.54) is 23.1 Å². The summed E-state index contributed by atoms with van der Waals surface area (Å²) >= 11 is 0. The van der Waals surface area contributed by atoms with Crippen molar-refractivity contribution in [1.29, 1.82) is 0 Å². The Kier molecular flexibility index (Phi) is 6.88. The van der Waals surface area contributed by atoms with Crippen molar-refractivity contribution in [1.82, 2.24) is 19.4 Å². The average Bonchev–Trinajstić information content (AvgIpc) is 3.41. The predicted octanol–water partition coefficient (Wildman–Crippen LogP) is 4.42. The van der Waals surface area contributed by atoms with Crippen LogP contribution in [0.5, 0.6) is 0 Å². The summed E-state index contributed by atoms with van der Waals surface area (Å²) in [7, 11) is 0. The Morgan fingerprint density at radius 1 is 1.17 bits per heavy atom. The normalized spacial score (nSPS) is 12.7. The van der Waals surface area contributed by atoms with Crippen LogP contribution in [-0.4, -0.2) is 49.4 Å². The number of nitrogens with zero attached hydrogens (tertiary/aromatic N) is 4. The van der Waals surface area contributed by atoms with Crippen LogP contribution in [0.25, 0.3) is 16.8 Å². The Hall–Kier alpha value is -3.73. The number of pyridine rings is 1. The minimum atomic E-state index is -4.67. The Labute approximate surface area is 197 Å². The van der Waals surface area contributed by atoms with E-state index in [0.717, 1.165) is 5.56 Å². The van der Waals surface area contributed by atoms with Crippen LogP contribution in [0.1, 0.15) is 35.0 Å². The van der Waals surface area contributed by atoms with Crippen LogP contribution in [-0.2, 0) is 17.7 Å². The molecule has 3 aromatic heterocycles. The molecule has 0 spiro atoms. The SMILES string of the molecule is CCOC(=O)c1cc2cc(Cn3ncc(CCC(O)C(F)(F)F)n3)ccn2c1-c1ccc(F)cc1. The van der Waals surface area contributed by atoms with Gasteiger partial charge in [-0.3, -0.25) is 0 Å². The van der Waals surface area contributed by atoms with Crippen molar-refractivity contribution in [2.45, 2.75) is 38.6 Å². The maximum absolute atomic E-state index is 13.4. The van der Waals surface area contributed by atoms with E-state index in [9.17, 15) is 22.4 Å². The average molecular weight is 490 g/mol. The molecule has 1 aromatic carbocycles. The number of aliphatic hydroxyl groups is 1. The van der Waals surface area contributed by atoms with E-state index in [2.05, 4.69) is 10.2 Å². The maximum Gasteiger partial charge on any atom is 0.414 e. The van der Waals surface area contributed by atoms with Crippen LogP contribution in [0.15, 0.2) is 54.9 Å². The molecule has 0 saturated carbocycles. The first kappa shape index (κ1) is 24.4. The summed E-state index contributed by atoms with van der Waals surface area (Å²) in [6, 6.07) is 11.1. The zero-order valence-corrected chi connectivity index (χ0v) is 18.7. The largest absolute Gasteiger partial charge is 0.462 e. The highest BCUT2D eigenvalue weighted by molar-refractivity contribution is 5.99. The molecule has 0 bridgehead atoms. The second-order valence-electron chi connectivity index (χ2n) is 7.93. The lowest BCUT2D eigenvalue weighted by Crippen LogP contribution is -2.28. The fraction of sp³-hybridized carbons (Fsp3) is 0.292. The quantitative estimate of drug-likeness (QED) is 0.292. The molecule has 0 aliphatic carbocycles. The minimum absolute atomic E-state index is 0.0671. The lowest BCUT2D eigenvalue weighted by Gasteiger charge is -2.12. The van der Waals surface area contributed by atoms with Crippen molar-refractivity contribution >= 4 is 11.5 Å². The van der Waals surface area contributed by atoms with E-state index in [0.29, 0.717) is 28.0 Å². The van der Waals surface area contributed by atoms with Crippen molar-refractivity contribution in [3.05, 3.63) is 77.5 Å². The standard InChI is InChI=1S/C24H22F4N4O3/c1-2-35-23(34)20-12-19-11-15(9-10-31(19)22(20)16-3-5-17(25)6-4-16)14-32-29-13-18(30-32)7-8-21(33)24(26,27)28/h3-6,9-13,21,33H,2,7-8,14H2,1H3. The molecule has 0 amide bonds. The van der Waals surface area contributed by atoms with Gasteiger partial charge in [-0.05, 0) is 73.4 Å². The van der Waals surface area contributed by atoms with Crippen molar-refractivity contribution in [3.8, 4) is 11.3 Å². The topological polar surface area (TPSA) is 81.7 Å². The number of hydrogen-bond donors (Lipinski definition) is 1. The van der Waals surface area contributed by atoms with Gasteiger partial charge < -0.3 is 14.2 Å². The summed E-state index contributed by atoms with van der Waals surface area (Å²) in [6.45, 7) is 2.15. The highest BCUT2D eigenvalue weighted by Gasteiger charge is 2.37. The van der Waals surface area contributed by atoms with Crippen molar-refractivity contribution in [2.24, 2.45) is 0 Å². The Morgan fingerprint density at radius 2 is 1.91 bits per heavy atom. The summed E-state index contributed by atoms with van der Waals surface area (Å²) in [5.74, 6) is -0.898. The van der Waals surface area contributed by atoms with Crippen molar-refractivity contribution < 1.29 is 32.2 Å². The number of ether oxygens (including phenoxy) is 1. The van der Waals surface area contributed by atoms with Gasteiger partial charge in [0.2, 0.25) is 0 Å². The molecule has 11 heteroatoms. The van der Waals surface area contributed by atoms with Crippen molar-refractivity contribution in [3.63, 3.8) is 0 Å². The molecule has 0 aliphatic heterocycles. The molecule has 35 heavy (non-hydrogen) atoms. The summed E-state index contributed by atoms with van der Waals surface area (Å²) in [4.78, 5) is 13.9. The summed E-state index contributed by atoms with van der Waals surface area (Å²) in [5.41, 5.74) is 3.34. The minimum Gasteiger partial charge on any atom is -0.462 e. The number of hydrogen-bond acceptors (Lipinski definition) is 5. The van der Waals surface area contributed by atoms with E-state index in [4.69, 9.17) is 9.84 Å². The van der Waals surface area contributed by atoms with Gasteiger partial charge in [0.1, 0.15) is 11.9 Å². The van der Waals surface area contributed by atoms with E-state index in [1.807, 2.05) is 6.07 Å². The van der Waals surface area contributed by atoms with E-state index < -0.39 is 30.5 Å². The van der Waals surface area contributed by atoms with Crippen LogP contribution in [0.2, 0.25) is 0 Å². The number of halogens is 4. The Balaban J connectivity index is 1.59. The number of fused-ring (bicyclic) bond motifs is 1. The number of benzene rings is 1. The van der Waals surface area contributed by atoms with Gasteiger partial charge in [0.15, 0.2) is 0 Å². The summed E-state index contributed by atoms with van der Waals surface area (Å²) in [6.07, 6.45) is -4.52. The molecule has 0 radical (unpaired) electrons. The van der Waals surface area contributed by atoms with Crippen LogP contribution >= 0.6 is 0 Å². The molecule has 4 aromatic rings. The third-order valence-electron chi connectivity index (χ3n) is 5.41. The van der Waals surface area contributed by atoms with E-state index in [-0.39, 0.29) is 19.6 Å². The van der Waals surface area contributed by atoms with Gasteiger partial charge in [-0.1, -0.05) is 0 Å². The highest BCUT2D eigenvalue weighted by Crippen LogP contribution is 2.29. The second-order valence-corrected chi connectivity index (χ2v) is 7.93. The van der Waals surface area contributed by atoms with Gasteiger partial charge in [0.05, 0.1) is 36.3 Å². The van der Waals surface area contributed by atoms with Gasteiger partial charge >= 0.3 is 12.1 Å². The predicted molar refractivity (Wildman–Crippen MR) is 118 cm³/mol. The number of alkyl halides is 3. The Bertz CT molecular complexity index is 1330. The third-order valence-corrected chi connectivity index (χ3v) is 5.41. The molecule has 3 heterocycles. The summed E-state index contributed by atoms with van der Waals surface area (Å²) < 4.78 is 57.9. The van der Waals surface area contributed by atoms with Crippen LogP contribution in [0, 0.1) is 5.82 Å². The zero-order chi connectivity index (χ0) is 25.2. The Morgan fingerprint density at radius 3 is 2.60 bits per heavy atom. The van der Waals surface area contributed by atoms with Crippen LogP contribution in [0.4, 0.5) is 17.6 Å². The molecule has 1 N–H and O–H groups in total. The fourth-order valence-corrected chi connectivity index (χ4v) is 3.73. The first-order valence-corrected chi connectivity index (χ1v) is 10.9. The van der Waals surface area contributed by atoms with Gasteiger partial charge in [-0.15, -0.1) is 0 Å². The number of aryl methyl sites for hydroxylation is 1. The second kappa shape index (κ2) is 9.87. The summed E-state index contributed by atoms with van der Waals surface area (Å²) in [5, 5.41) is 17.4. The lowest BCUT2D eigenvalue weighted by molar-refractivity contribution is -0.205. The first-order valence-electron chi connectivity index (χ1n) is 10.9. The van der Waals surface area contributed by atoms with Crippen LogP contribution in [0.3, 0.4) is 0 Å². The van der Waals surface area contributed by atoms with Crippen molar-refractivity contribution in [2.75, 3.05) is 6.61 Å². The number of carbonyl (C=O) groups is 1. The number of aliphatic hydroxyl groups excluding tert-OH is 1. The molecular formula is C24H22F4N4O3. The monoisotopic (exact) mass is 490 g/mol. The molecule has 184 valence electrons. The highest BCUT2D eigenvalue weighted by atomic mass is 19.4. The molecule has 0 aliphatic rings. The van der Waals surface area contributed by atoms with Crippen LogP contribution < -0.4 is 0 Å². The molecule has 0 fully saturated rings. The van der Waals surface area contributed by atoms with Gasteiger partial charge in [-0.2, -0.15) is 28.2 Å². The lowest BCUT2D eigenvalue weighted by atomic mass is 10.1. The van der Waals surface area contributed by atoms with Gasteiger partial charge in [0, 0.05) is 11.7 Å². The molecule has 0 saturated heterocycles. The van der Waals surface area contributed by atoms with E-state index in [1.54, 1.807) is 41.8 Å². The first-order chi connectivity index (χ1) is 16.7. The number of aromatic nitrogens is 4. The molecule has 1 unspecified atom stereocenters. The zero-order valence-electron chi connectivity index (χ0n) is 18.7.